The van der Waals surface area contributed by atoms with Crippen molar-refractivity contribution in [3.63, 3.8) is 0 Å². The number of aromatic carboxylic acids is 1. The third-order valence-corrected chi connectivity index (χ3v) is 3.12. The van der Waals surface area contributed by atoms with Crippen LogP contribution in [0, 0.1) is 24.0 Å². The van der Waals surface area contributed by atoms with E-state index in [1.165, 1.54) is 12.1 Å². The van der Waals surface area contributed by atoms with E-state index in [4.69, 9.17) is 5.11 Å². The lowest BCUT2D eigenvalue weighted by Crippen LogP contribution is -2.02. The molecular formula is C15H13NO4. The van der Waals surface area contributed by atoms with Crippen LogP contribution in [0.5, 0.6) is 0 Å². The second-order valence-electron chi connectivity index (χ2n) is 4.61. The van der Waals surface area contributed by atoms with Crippen LogP contribution in [0.3, 0.4) is 0 Å². The number of rotatable bonds is 3. The van der Waals surface area contributed by atoms with Crippen molar-refractivity contribution in [1.82, 2.24) is 0 Å². The average molecular weight is 271 g/mol. The van der Waals surface area contributed by atoms with Crippen molar-refractivity contribution in [2.45, 2.75) is 13.8 Å². The van der Waals surface area contributed by atoms with E-state index in [-0.39, 0.29) is 5.56 Å². The van der Waals surface area contributed by atoms with Gasteiger partial charge in [-0.05, 0) is 36.6 Å². The van der Waals surface area contributed by atoms with Gasteiger partial charge < -0.3 is 5.11 Å². The summed E-state index contributed by atoms with van der Waals surface area (Å²) in [5, 5.41) is 20.0. The zero-order chi connectivity index (χ0) is 14.9. The molecule has 2 rings (SSSR count). The Labute approximate surface area is 115 Å². The molecule has 0 aromatic heterocycles. The Morgan fingerprint density at radius 2 is 1.85 bits per heavy atom. The van der Waals surface area contributed by atoms with Crippen molar-refractivity contribution >= 4 is 11.7 Å². The number of aryl methyl sites for hydroxylation is 2. The monoisotopic (exact) mass is 271 g/mol. The molecule has 0 unspecified atom stereocenters. The second kappa shape index (κ2) is 5.13. The number of hydrogen-bond acceptors (Lipinski definition) is 3. The largest absolute Gasteiger partial charge is 0.477 e. The molecule has 2 aromatic carbocycles. The Morgan fingerprint density at radius 1 is 1.15 bits per heavy atom. The van der Waals surface area contributed by atoms with Gasteiger partial charge in [0.1, 0.15) is 5.56 Å². The Kier molecular flexibility index (Phi) is 3.52. The lowest BCUT2D eigenvalue weighted by Gasteiger charge is -2.08. The highest BCUT2D eigenvalue weighted by atomic mass is 16.6. The van der Waals surface area contributed by atoms with Crippen molar-refractivity contribution in [2.24, 2.45) is 0 Å². The Bertz CT molecular complexity index is 707. The summed E-state index contributed by atoms with van der Waals surface area (Å²) in [4.78, 5) is 21.3. The van der Waals surface area contributed by atoms with Gasteiger partial charge in [0, 0.05) is 6.07 Å². The van der Waals surface area contributed by atoms with Crippen LogP contribution in [0.25, 0.3) is 11.1 Å². The van der Waals surface area contributed by atoms with E-state index in [2.05, 4.69) is 0 Å². The first-order valence-electron chi connectivity index (χ1n) is 5.99. The molecule has 0 bridgehead atoms. The van der Waals surface area contributed by atoms with Crippen molar-refractivity contribution in [3.05, 3.63) is 63.2 Å². The van der Waals surface area contributed by atoms with Gasteiger partial charge in [0.2, 0.25) is 0 Å². The minimum absolute atomic E-state index is 0.302. The van der Waals surface area contributed by atoms with E-state index in [9.17, 15) is 14.9 Å². The minimum atomic E-state index is -1.30. The third-order valence-electron chi connectivity index (χ3n) is 3.12. The molecule has 0 saturated heterocycles. The molecule has 0 aliphatic carbocycles. The van der Waals surface area contributed by atoms with E-state index >= 15 is 0 Å². The van der Waals surface area contributed by atoms with Gasteiger partial charge in [-0.3, -0.25) is 10.1 Å². The normalized spacial score (nSPS) is 10.3. The van der Waals surface area contributed by atoms with Crippen LogP contribution in [-0.2, 0) is 0 Å². The maximum atomic E-state index is 11.0. The Hall–Kier alpha value is -2.69. The lowest BCUT2D eigenvalue weighted by molar-refractivity contribution is -0.385. The number of carboxylic acids is 1. The molecule has 20 heavy (non-hydrogen) atoms. The molecule has 0 atom stereocenters. The van der Waals surface area contributed by atoms with Crippen molar-refractivity contribution in [3.8, 4) is 11.1 Å². The van der Waals surface area contributed by atoms with Gasteiger partial charge >= 0.3 is 5.97 Å². The van der Waals surface area contributed by atoms with Crippen LogP contribution < -0.4 is 0 Å². The summed E-state index contributed by atoms with van der Waals surface area (Å²) in [7, 11) is 0. The van der Waals surface area contributed by atoms with Crippen LogP contribution in [0.2, 0.25) is 0 Å². The molecule has 102 valence electrons. The fourth-order valence-corrected chi connectivity index (χ4v) is 2.17. The van der Waals surface area contributed by atoms with Crippen LogP contribution in [0.1, 0.15) is 21.5 Å². The van der Waals surface area contributed by atoms with E-state index in [1.54, 1.807) is 6.07 Å². The van der Waals surface area contributed by atoms with Crippen LogP contribution in [0.15, 0.2) is 36.4 Å². The van der Waals surface area contributed by atoms with Gasteiger partial charge in [0.05, 0.1) is 4.92 Å². The summed E-state index contributed by atoms with van der Waals surface area (Å²) in [5.74, 6) is -1.30. The molecule has 5 nitrogen and oxygen atoms in total. The van der Waals surface area contributed by atoms with Crippen molar-refractivity contribution in [2.75, 3.05) is 0 Å². The predicted octanol–water partition coefficient (Wildman–Crippen LogP) is 3.58. The number of hydrogen-bond donors (Lipinski definition) is 1. The van der Waals surface area contributed by atoms with Crippen LogP contribution in [-0.4, -0.2) is 16.0 Å². The molecule has 0 aliphatic heterocycles. The van der Waals surface area contributed by atoms with Crippen molar-refractivity contribution < 1.29 is 14.8 Å². The number of nitro benzene ring substituents is 1. The molecule has 0 heterocycles. The van der Waals surface area contributed by atoms with E-state index < -0.39 is 16.6 Å². The summed E-state index contributed by atoms with van der Waals surface area (Å²) in [6.07, 6.45) is 0. The number of benzene rings is 2. The highest BCUT2D eigenvalue weighted by molar-refractivity contribution is 5.93. The SMILES string of the molecule is Cc1ccc(-c2ccc(C(=O)O)c([N+](=O)[O-])c2)c(C)c1. The lowest BCUT2D eigenvalue weighted by atomic mass is 9.97. The molecular weight excluding hydrogens is 258 g/mol. The summed E-state index contributed by atoms with van der Waals surface area (Å²) in [5.41, 5.74) is 2.89. The Balaban J connectivity index is 2.62. The highest BCUT2D eigenvalue weighted by Crippen LogP contribution is 2.29. The van der Waals surface area contributed by atoms with Crippen molar-refractivity contribution in [1.29, 1.82) is 0 Å². The molecule has 0 radical (unpaired) electrons. The third kappa shape index (κ3) is 2.51. The molecule has 0 spiro atoms. The number of nitro groups is 1. The highest BCUT2D eigenvalue weighted by Gasteiger charge is 2.20. The zero-order valence-electron chi connectivity index (χ0n) is 11.1. The smallest absolute Gasteiger partial charge is 0.342 e. The van der Waals surface area contributed by atoms with Gasteiger partial charge in [-0.25, -0.2) is 4.79 Å². The molecule has 0 fully saturated rings. The minimum Gasteiger partial charge on any atom is -0.477 e. The second-order valence-corrected chi connectivity index (χ2v) is 4.61. The van der Waals surface area contributed by atoms with Crippen LogP contribution in [0.4, 0.5) is 5.69 Å². The molecule has 0 amide bonds. The maximum Gasteiger partial charge on any atom is 0.342 e. The molecule has 2 aromatic rings. The quantitative estimate of drug-likeness (QED) is 0.683. The molecule has 5 heteroatoms. The number of nitrogens with zero attached hydrogens (tertiary/aromatic N) is 1. The standard InChI is InChI=1S/C15H13NO4/c1-9-3-5-12(10(2)7-9)11-4-6-13(15(17)18)14(8-11)16(19)20/h3-8H,1-2H3,(H,17,18). The Morgan fingerprint density at radius 3 is 2.40 bits per heavy atom. The average Bonchev–Trinajstić information content (AvgIpc) is 2.37. The van der Waals surface area contributed by atoms with E-state index in [0.717, 1.165) is 16.7 Å². The summed E-state index contributed by atoms with van der Waals surface area (Å²) < 4.78 is 0. The first kappa shape index (κ1) is 13.7. The molecule has 1 N–H and O–H groups in total. The number of carboxylic acid groups (broad SMARTS) is 1. The first-order chi connectivity index (χ1) is 9.40. The van der Waals surface area contributed by atoms with E-state index in [1.807, 2.05) is 32.0 Å². The van der Waals surface area contributed by atoms with Gasteiger partial charge in [-0.15, -0.1) is 0 Å². The fraction of sp³-hybridized carbons (Fsp3) is 0.133. The topological polar surface area (TPSA) is 80.4 Å². The summed E-state index contributed by atoms with van der Waals surface area (Å²) in [6.45, 7) is 3.88. The maximum absolute atomic E-state index is 11.0. The summed E-state index contributed by atoms with van der Waals surface area (Å²) >= 11 is 0. The molecule has 0 saturated carbocycles. The molecule has 0 aliphatic rings. The van der Waals surface area contributed by atoms with Gasteiger partial charge in [0.25, 0.3) is 5.69 Å². The first-order valence-corrected chi connectivity index (χ1v) is 5.99. The van der Waals surface area contributed by atoms with Gasteiger partial charge in [0.15, 0.2) is 0 Å². The predicted molar refractivity (Wildman–Crippen MR) is 75.0 cm³/mol. The zero-order valence-corrected chi connectivity index (χ0v) is 11.1. The fourth-order valence-electron chi connectivity index (χ4n) is 2.17. The summed E-state index contributed by atoms with van der Waals surface area (Å²) in [6, 6.07) is 9.94. The number of carbonyl (C=O) groups is 1. The van der Waals surface area contributed by atoms with Gasteiger partial charge in [-0.1, -0.05) is 29.8 Å². The van der Waals surface area contributed by atoms with Gasteiger partial charge in [-0.2, -0.15) is 0 Å². The van der Waals surface area contributed by atoms with Crippen LogP contribution >= 0.6 is 0 Å². The van der Waals surface area contributed by atoms with E-state index in [0.29, 0.717) is 5.56 Å².